The Morgan fingerprint density at radius 1 is 1.05 bits per heavy atom. The SMILES string of the molecule is CN(C1CCC(C)(C)CC1)C1(CN)CC(C)(C)OC1(C)C. The van der Waals surface area contributed by atoms with Crippen molar-refractivity contribution in [2.45, 2.75) is 96.4 Å². The Hall–Kier alpha value is -0.120. The molecule has 1 saturated heterocycles. The Labute approximate surface area is 131 Å². The highest BCUT2D eigenvalue weighted by molar-refractivity contribution is 5.13. The first-order valence-electron chi connectivity index (χ1n) is 8.58. The number of nitrogens with two attached hydrogens (primary N) is 1. The molecule has 2 N–H and O–H groups in total. The quantitative estimate of drug-likeness (QED) is 0.865. The van der Waals surface area contributed by atoms with E-state index < -0.39 is 0 Å². The molecule has 3 nitrogen and oxygen atoms in total. The van der Waals surface area contributed by atoms with Gasteiger partial charge in [-0.1, -0.05) is 13.8 Å². The minimum absolute atomic E-state index is 0.0529. The standard InChI is InChI=1S/C18H36N2O/c1-15(2)10-8-14(9-11-15)20(7)18(13-19)12-16(3,4)21-17(18,5)6/h14H,8-13,19H2,1-7H3. The van der Waals surface area contributed by atoms with Gasteiger partial charge < -0.3 is 10.5 Å². The molecule has 3 heteroatoms. The maximum absolute atomic E-state index is 6.37. The van der Waals surface area contributed by atoms with E-state index in [1.54, 1.807) is 0 Å². The average Bonchev–Trinajstić information content (AvgIpc) is 2.53. The van der Waals surface area contributed by atoms with Crippen LogP contribution in [0.5, 0.6) is 0 Å². The Morgan fingerprint density at radius 3 is 1.95 bits per heavy atom. The molecule has 0 amide bonds. The maximum atomic E-state index is 6.37. The Morgan fingerprint density at radius 2 is 1.57 bits per heavy atom. The topological polar surface area (TPSA) is 38.5 Å². The van der Waals surface area contributed by atoms with Crippen LogP contribution in [0.3, 0.4) is 0 Å². The van der Waals surface area contributed by atoms with Crippen molar-refractivity contribution in [3.8, 4) is 0 Å². The highest BCUT2D eigenvalue weighted by Gasteiger charge is 2.59. The second-order valence-corrected chi connectivity index (χ2v) is 9.29. The van der Waals surface area contributed by atoms with Gasteiger partial charge in [-0.3, -0.25) is 4.90 Å². The zero-order valence-corrected chi connectivity index (χ0v) is 15.3. The lowest BCUT2D eigenvalue weighted by Gasteiger charge is -2.51. The van der Waals surface area contributed by atoms with Crippen LogP contribution in [0.1, 0.15) is 73.6 Å². The van der Waals surface area contributed by atoms with E-state index in [0.29, 0.717) is 18.0 Å². The van der Waals surface area contributed by atoms with Gasteiger partial charge in [0, 0.05) is 12.6 Å². The summed E-state index contributed by atoms with van der Waals surface area (Å²) in [5, 5.41) is 0. The van der Waals surface area contributed by atoms with Crippen molar-refractivity contribution in [3.63, 3.8) is 0 Å². The third kappa shape index (κ3) is 3.02. The molecule has 21 heavy (non-hydrogen) atoms. The molecule has 0 aromatic carbocycles. The predicted molar refractivity (Wildman–Crippen MR) is 89.4 cm³/mol. The molecule has 2 rings (SSSR count). The number of nitrogens with zero attached hydrogens (tertiary/aromatic N) is 1. The summed E-state index contributed by atoms with van der Waals surface area (Å²) in [7, 11) is 2.28. The van der Waals surface area contributed by atoms with Crippen LogP contribution in [0.15, 0.2) is 0 Å². The summed E-state index contributed by atoms with van der Waals surface area (Å²) in [5.74, 6) is 0. The highest BCUT2D eigenvalue weighted by atomic mass is 16.5. The van der Waals surface area contributed by atoms with E-state index in [4.69, 9.17) is 10.5 Å². The molecule has 0 bridgehead atoms. The molecule has 2 aliphatic rings. The molecule has 0 aromatic heterocycles. The van der Waals surface area contributed by atoms with Gasteiger partial charge in [0.15, 0.2) is 0 Å². The molecule has 0 radical (unpaired) electrons. The molecule has 1 aliphatic carbocycles. The van der Waals surface area contributed by atoms with Gasteiger partial charge >= 0.3 is 0 Å². The van der Waals surface area contributed by atoms with Gasteiger partial charge in [0.05, 0.1) is 16.7 Å². The van der Waals surface area contributed by atoms with E-state index >= 15 is 0 Å². The number of likely N-dealkylation sites (N-methyl/N-ethyl adjacent to an activating group) is 1. The Kier molecular flexibility index (Phi) is 4.28. The van der Waals surface area contributed by atoms with Gasteiger partial charge in [-0.25, -0.2) is 0 Å². The van der Waals surface area contributed by atoms with Gasteiger partial charge in [-0.05, 0) is 72.3 Å². The van der Waals surface area contributed by atoms with Crippen molar-refractivity contribution in [2.24, 2.45) is 11.1 Å². The molecule has 1 unspecified atom stereocenters. The van der Waals surface area contributed by atoms with Crippen molar-refractivity contribution >= 4 is 0 Å². The van der Waals surface area contributed by atoms with Gasteiger partial charge in [0.25, 0.3) is 0 Å². The van der Waals surface area contributed by atoms with Gasteiger partial charge in [-0.2, -0.15) is 0 Å². The molecule has 1 atom stereocenters. The van der Waals surface area contributed by atoms with E-state index in [1.165, 1.54) is 25.7 Å². The lowest BCUT2D eigenvalue weighted by Crippen LogP contribution is -2.65. The summed E-state index contributed by atoms with van der Waals surface area (Å²) >= 11 is 0. The molecule has 0 spiro atoms. The first-order chi connectivity index (χ1) is 9.45. The third-order valence-electron chi connectivity index (χ3n) is 6.24. The lowest BCUT2D eigenvalue weighted by atomic mass is 9.72. The van der Waals surface area contributed by atoms with E-state index in [0.717, 1.165) is 6.42 Å². The van der Waals surface area contributed by atoms with Gasteiger partial charge in [0.1, 0.15) is 0 Å². The second kappa shape index (κ2) is 5.21. The second-order valence-electron chi connectivity index (χ2n) is 9.29. The molecule has 0 aromatic rings. The van der Waals surface area contributed by atoms with Crippen LogP contribution < -0.4 is 5.73 Å². The largest absolute Gasteiger partial charge is 0.368 e. The van der Waals surface area contributed by atoms with Crippen molar-refractivity contribution < 1.29 is 4.74 Å². The summed E-state index contributed by atoms with van der Waals surface area (Å²) in [4.78, 5) is 2.58. The van der Waals surface area contributed by atoms with E-state index in [1.807, 2.05) is 0 Å². The summed E-state index contributed by atoms with van der Waals surface area (Å²) in [6, 6.07) is 0.637. The van der Waals surface area contributed by atoms with Crippen LogP contribution >= 0.6 is 0 Å². The van der Waals surface area contributed by atoms with Crippen LogP contribution in [-0.2, 0) is 4.74 Å². The van der Waals surface area contributed by atoms with Crippen LogP contribution in [0, 0.1) is 5.41 Å². The average molecular weight is 296 g/mol. The number of ether oxygens (including phenoxy) is 1. The van der Waals surface area contributed by atoms with Gasteiger partial charge in [0.2, 0.25) is 0 Å². The summed E-state index contributed by atoms with van der Waals surface area (Å²) in [6.45, 7) is 14.3. The molecular formula is C18H36N2O. The van der Waals surface area contributed by atoms with Crippen molar-refractivity contribution in [2.75, 3.05) is 13.6 Å². The normalized spacial score (nSPS) is 35.3. The molecule has 1 aliphatic heterocycles. The van der Waals surface area contributed by atoms with Crippen molar-refractivity contribution in [3.05, 3.63) is 0 Å². The van der Waals surface area contributed by atoms with Crippen LogP contribution in [-0.4, -0.2) is 41.3 Å². The van der Waals surface area contributed by atoms with E-state index in [2.05, 4.69) is 53.5 Å². The summed E-state index contributed by atoms with van der Waals surface area (Å²) in [5.41, 5.74) is 6.47. The van der Waals surface area contributed by atoms with Crippen molar-refractivity contribution in [1.29, 1.82) is 0 Å². The molecule has 1 saturated carbocycles. The zero-order valence-electron chi connectivity index (χ0n) is 15.3. The fraction of sp³-hybridized carbons (Fsp3) is 1.00. The molecular weight excluding hydrogens is 260 g/mol. The van der Waals surface area contributed by atoms with Crippen LogP contribution in [0.2, 0.25) is 0 Å². The fourth-order valence-corrected chi connectivity index (χ4v) is 4.87. The number of hydrogen-bond acceptors (Lipinski definition) is 3. The van der Waals surface area contributed by atoms with Gasteiger partial charge in [-0.15, -0.1) is 0 Å². The number of hydrogen-bond donors (Lipinski definition) is 1. The monoisotopic (exact) mass is 296 g/mol. The van der Waals surface area contributed by atoms with Crippen LogP contribution in [0.4, 0.5) is 0 Å². The summed E-state index contributed by atoms with van der Waals surface area (Å²) in [6.07, 6.45) is 6.20. The van der Waals surface area contributed by atoms with Crippen LogP contribution in [0.25, 0.3) is 0 Å². The Balaban J connectivity index is 2.21. The van der Waals surface area contributed by atoms with E-state index in [-0.39, 0.29) is 16.7 Å². The minimum Gasteiger partial charge on any atom is -0.368 e. The predicted octanol–water partition coefficient (Wildman–Crippen LogP) is 3.56. The first-order valence-corrected chi connectivity index (χ1v) is 8.58. The first kappa shape index (κ1) is 17.2. The molecule has 124 valence electrons. The molecule has 2 fully saturated rings. The van der Waals surface area contributed by atoms with E-state index in [9.17, 15) is 0 Å². The maximum Gasteiger partial charge on any atom is 0.0830 e. The third-order valence-corrected chi connectivity index (χ3v) is 6.24. The Bertz CT molecular complexity index is 379. The van der Waals surface area contributed by atoms with Crippen molar-refractivity contribution in [1.82, 2.24) is 4.90 Å². The fourth-order valence-electron chi connectivity index (χ4n) is 4.87. The number of rotatable bonds is 3. The lowest BCUT2D eigenvalue weighted by molar-refractivity contribution is -0.109. The molecule has 1 heterocycles. The zero-order chi connectivity index (χ0) is 16.1. The highest BCUT2D eigenvalue weighted by Crippen LogP contribution is 2.49. The smallest absolute Gasteiger partial charge is 0.0830 e. The summed E-state index contributed by atoms with van der Waals surface area (Å²) < 4.78 is 6.37. The minimum atomic E-state index is -0.201.